The van der Waals surface area contributed by atoms with Gasteiger partial charge >= 0.3 is 15.5 Å². The van der Waals surface area contributed by atoms with E-state index in [-0.39, 0.29) is 11.0 Å². The maximum Gasteiger partial charge on any atom is 0.518 e. The molecule has 2 heterocycles. The van der Waals surface area contributed by atoms with Gasteiger partial charge < -0.3 is 4.90 Å². The molecule has 2 aromatic carbocycles. The Hall–Kier alpha value is -2.88. The largest absolute Gasteiger partial charge is 0.518 e. The number of nitrogens with zero attached hydrogens (tertiary/aromatic N) is 4. The Bertz CT molecular complexity index is 1080. The third-order valence-electron chi connectivity index (χ3n) is 4.90. The summed E-state index contributed by atoms with van der Waals surface area (Å²) in [5, 5.41) is 7.02. The summed E-state index contributed by atoms with van der Waals surface area (Å²) < 4.78 is 64.4. The Morgan fingerprint density at radius 2 is 1.68 bits per heavy atom. The van der Waals surface area contributed by atoms with Crippen molar-refractivity contribution < 1.29 is 21.6 Å². The standard InChI is InChI=1S/C18H15F3N4O2S/c1-24-16-10-6-5-9-14(16)15(13-7-3-2-4-8-13)11-17(24)12-22-23-25(17)28(26,27)18(19,20)21/h2-11H,12H2,1H3/t17-/m1/s1. The van der Waals surface area contributed by atoms with Crippen molar-refractivity contribution in [1.29, 1.82) is 0 Å². The van der Waals surface area contributed by atoms with E-state index in [4.69, 9.17) is 0 Å². The van der Waals surface area contributed by atoms with Crippen LogP contribution in [0.4, 0.5) is 18.9 Å². The van der Waals surface area contributed by atoms with Crippen LogP contribution < -0.4 is 4.90 Å². The lowest BCUT2D eigenvalue weighted by Crippen LogP contribution is -2.61. The van der Waals surface area contributed by atoms with Crippen molar-refractivity contribution in [2.45, 2.75) is 11.2 Å². The lowest BCUT2D eigenvalue weighted by Gasteiger charge is -2.45. The number of hydrogen-bond donors (Lipinski definition) is 0. The number of alkyl halides is 3. The number of likely N-dealkylation sites (N-methyl/N-ethyl adjacent to an activating group) is 1. The van der Waals surface area contributed by atoms with Gasteiger partial charge in [0.25, 0.3) is 0 Å². The number of anilines is 1. The average Bonchev–Trinajstić information content (AvgIpc) is 3.10. The van der Waals surface area contributed by atoms with Crippen LogP contribution in [0.1, 0.15) is 11.1 Å². The number of para-hydroxylation sites is 1. The van der Waals surface area contributed by atoms with Gasteiger partial charge in [-0.05, 0) is 23.3 Å². The van der Waals surface area contributed by atoms with Crippen molar-refractivity contribution in [2.24, 2.45) is 10.3 Å². The summed E-state index contributed by atoms with van der Waals surface area (Å²) in [5.74, 6) is 0. The maximum absolute atomic E-state index is 13.3. The summed E-state index contributed by atoms with van der Waals surface area (Å²) in [6.07, 6.45) is 1.49. The van der Waals surface area contributed by atoms with Gasteiger partial charge in [0.05, 0.1) is 0 Å². The molecule has 0 N–H and O–H groups in total. The Kier molecular flexibility index (Phi) is 4.00. The molecule has 6 nitrogen and oxygen atoms in total. The third kappa shape index (κ3) is 2.51. The van der Waals surface area contributed by atoms with Gasteiger partial charge in [0, 0.05) is 18.3 Å². The topological polar surface area (TPSA) is 65.3 Å². The van der Waals surface area contributed by atoms with Crippen molar-refractivity contribution >= 4 is 21.3 Å². The molecule has 0 saturated carbocycles. The first-order valence-electron chi connectivity index (χ1n) is 8.29. The smallest absolute Gasteiger partial charge is 0.344 e. The summed E-state index contributed by atoms with van der Waals surface area (Å²) in [6.45, 7) is -0.260. The van der Waals surface area contributed by atoms with E-state index >= 15 is 0 Å². The second kappa shape index (κ2) is 6.06. The molecular weight excluding hydrogens is 393 g/mol. The molecule has 0 unspecified atom stereocenters. The van der Waals surface area contributed by atoms with E-state index in [0.717, 1.165) is 11.1 Å². The molecule has 2 aliphatic rings. The van der Waals surface area contributed by atoms with Crippen molar-refractivity contribution in [1.82, 2.24) is 4.41 Å². The molecular formula is C18H15F3N4O2S. The van der Waals surface area contributed by atoms with Crippen LogP contribution in [0.25, 0.3) is 5.57 Å². The number of hydrogen-bond acceptors (Lipinski definition) is 5. The Morgan fingerprint density at radius 1 is 1.04 bits per heavy atom. The van der Waals surface area contributed by atoms with Gasteiger partial charge in [-0.2, -0.15) is 26.7 Å². The van der Waals surface area contributed by atoms with Crippen LogP contribution in [0.5, 0.6) is 0 Å². The molecule has 28 heavy (non-hydrogen) atoms. The van der Waals surface area contributed by atoms with Crippen LogP contribution in [0, 0.1) is 0 Å². The lowest BCUT2D eigenvalue weighted by molar-refractivity contribution is -0.0506. The number of benzene rings is 2. The first-order chi connectivity index (χ1) is 13.2. The molecule has 146 valence electrons. The predicted octanol–water partition coefficient (Wildman–Crippen LogP) is 3.80. The van der Waals surface area contributed by atoms with E-state index in [1.165, 1.54) is 18.0 Å². The van der Waals surface area contributed by atoms with Crippen molar-refractivity contribution in [3.63, 3.8) is 0 Å². The van der Waals surface area contributed by atoms with E-state index in [0.29, 0.717) is 11.3 Å². The highest BCUT2D eigenvalue weighted by molar-refractivity contribution is 7.90. The molecule has 4 rings (SSSR count). The number of fused-ring (bicyclic) bond motifs is 1. The maximum atomic E-state index is 13.3. The zero-order chi connectivity index (χ0) is 20.2. The van der Waals surface area contributed by atoms with Gasteiger partial charge in [0.1, 0.15) is 6.54 Å². The molecule has 0 fully saturated rings. The second-order valence-electron chi connectivity index (χ2n) is 6.46. The normalized spacial score (nSPS) is 21.8. The average molecular weight is 408 g/mol. The van der Waals surface area contributed by atoms with Gasteiger partial charge in [-0.15, -0.1) is 4.41 Å². The minimum Gasteiger partial charge on any atom is -0.344 e. The number of rotatable bonds is 2. The van der Waals surface area contributed by atoms with E-state index in [1.54, 1.807) is 24.3 Å². The van der Waals surface area contributed by atoms with Crippen LogP contribution in [-0.2, 0) is 10.0 Å². The molecule has 0 bridgehead atoms. The highest BCUT2D eigenvalue weighted by Gasteiger charge is 2.60. The van der Waals surface area contributed by atoms with Crippen LogP contribution in [0.3, 0.4) is 0 Å². The fraction of sp³-hybridized carbons (Fsp3) is 0.222. The number of halogens is 3. The Labute approximate surface area is 159 Å². The van der Waals surface area contributed by atoms with E-state index < -0.39 is 21.2 Å². The van der Waals surface area contributed by atoms with Gasteiger partial charge in [0.15, 0.2) is 5.66 Å². The van der Waals surface area contributed by atoms with E-state index in [1.807, 2.05) is 30.3 Å². The molecule has 0 saturated heterocycles. The lowest BCUT2D eigenvalue weighted by atomic mass is 9.88. The summed E-state index contributed by atoms with van der Waals surface area (Å²) in [6, 6.07) is 16.2. The summed E-state index contributed by atoms with van der Waals surface area (Å²) in [5.41, 5.74) is -4.50. The van der Waals surface area contributed by atoms with Crippen LogP contribution in [0.2, 0.25) is 0 Å². The van der Waals surface area contributed by atoms with Gasteiger partial charge in [-0.3, -0.25) is 0 Å². The molecule has 0 radical (unpaired) electrons. The number of sulfonamides is 1. The van der Waals surface area contributed by atoms with Gasteiger partial charge in [-0.25, -0.2) is 0 Å². The highest BCUT2D eigenvalue weighted by atomic mass is 32.2. The molecule has 0 aliphatic carbocycles. The van der Waals surface area contributed by atoms with Crippen molar-refractivity contribution in [2.75, 3.05) is 18.5 Å². The fourth-order valence-corrected chi connectivity index (χ4v) is 4.48. The predicted molar refractivity (Wildman–Crippen MR) is 97.6 cm³/mol. The Balaban J connectivity index is 1.97. The summed E-state index contributed by atoms with van der Waals surface area (Å²) in [7, 11) is -4.20. The minimum absolute atomic E-state index is 0.0683. The van der Waals surface area contributed by atoms with Crippen molar-refractivity contribution in [3.8, 4) is 0 Å². The fourth-order valence-electron chi connectivity index (χ4n) is 3.49. The van der Waals surface area contributed by atoms with Crippen LogP contribution in [-0.4, -0.2) is 37.6 Å². The monoisotopic (exact) mass is 408 g/mol. The molecule has 2 aromatic rings. The molecule has 1 atom stereocenters. The summed E-state index contributed by atoms with van der Waals surface area (Å²) in [4.78, 5) is 1.47. The zero-order valence-corrected chi connectivity index (χ0v) is 15.4. The molecule has 2 aliphatic heterocycles. The van der Waals surface area contributed by atoms with Crippen molar-refractivity contribution in [3.05, 3.63) is 71.8 Å². The first-order valence-corrected chi connectivity index (χ1v) is 9.73. The van der Waals surface area contributed by atoms with Crippen LogP contribution in [0.15, 0.2) is 71.0 Å². The second-order valence-corrected chi connectivity index (χ2v) is 8.22. The minimum atomic E-state index is -5.74. The van der Waals surface area contributed by atoms with Gasteiger partial charge in [0.2, 0.25) is 0 Å². The van der Waals surface area contributed by atoms with E-state index in [9.17, 15) is 21.6 Å². The molecule has 10 heteroatoms. The Morgan fingerprint density at radius 3 is 2.36 bits per heavy atom. The molecule has 0 amide bonds. The SMILES string of the molecule is CN1c2ccccc2C(c2ccccc2)=C[C@@]12CN=NN2S(=O)(=O)C(F)(F)F. The molecule has 0 aromatic heterocycles. The van der Waals surface area contributed by atoms with E-state index in [2.05, 4.69) is 10.3 Å². The van der Waals surface area contributed by atoms with Gasteiger partial charge in [-0.1, -0.05) is 53.8 Å². The zero-order valence-electron chi connectivity index (χ0n) is 14.6. The van der Waals surface area contributed by atoms with Crippen LogP contribution >= 0.6 is 0 Å². The summed E-state index contributed by atoms with van der Waals surface area (Å²) >= 11 is 0. The highest BCUT2D eigenvalue weighted by Crippen LogP contribution is 2.46. The quantitative estimate of drug-likeness (QED) is 0.759. The third-order valence-corrected chi connectivity index (χ3v) is 6.33. The first kappa shape index (κ1) is 18.5. The molecule has 1 spiro atoms.